The molecule has 2 N–H and O–H groups in total. The Balaban J connectivity index is 1.99. The van der Waals surface area contributed by atoms with Crippen molar-refractivity contribution in [2.45, 2.75) is 13.0 Å². The van der Waals surface area contributed by atoms with Gasteiger partial charge in [-0.25, -0.2) is 4.98 Å². The third-order valence-corrected chi connectivity index (χ3v) is 2.86. The molecule has 2 aromatic rings. The first-order chi connectivity index (χ1) is 8.69. The third-order valence-electron chi connectivity index (χ3n) is 2.60. The Kier molecular flexibility index (Phi) is 4.23. The van der Waals surface area contributed by atoms with Crippen LogP contribution in [0.1, 0.15) is 11.5 Å². The topological polar surface area (TPSA) is 53.1 Å². The summed E-state index contributed by atoms with van der Waals surface area (Å²) in [5.41, 5.74) is 6.50. The van der Waals surface area contributed by atoms with Gasteiger partial charge in [-0.3, -0.25) is 0 Å². The van der Waals surface area contributed by atoms with Crippen molar-refractivity contribution in [2.75, 3.05) is 6.54 Å². The van der Waals surface area contributed by atoms with Crippen LogP contribution in [0.2, 0.25) is 5.02 Å². The lowest BCUT2D eigenvalue weighted by molar-refractivity contribution is 0.291. The molecule has 0 radical (unpaired) electrons. The van der Waals surface area contributed by atoms with E-state index in [1.165, 1.54) is 0 Å². The smallest absolute Gasteiger partial charge is 0.146 e. The molecule has 1 heterocycles. The molecule has 0 saturated heterocycles. The molecule has 0 fully saturated rings. The number of aromatic nitrogens is 2. The molecule has 0 amide bonds. The summed E-state index contributed by atoms with van der Waals surface area (Å²) in [5.74, 6) is 1.66. The maximum absolute atomic E-state index is 5.81. The van der Waals surface area contributed by atoms with Crippen molar-refractivity contribution in [3.8, 4) is 5.75 Å². The van der Waals surface area contributed by atoms with Gasteiger partial charge >= 0.3 is 0 Å². The van der Waals surface area contributed by atoms with Crippen LogP contribution in [0.15, 0.2) is 30.5 Å². The molecule has 0 unspecified atom stereocenters. The van der Waals surface area contributed by atoms with Crippen molar-refractivity contribution in [1.29, 1.82) is 0 Å². The zero-order chi connectivity index (χ0) is 13.0. The zero-order valence-corrected chi connectivity index (χ0v) is 11.0. The lowest BCUT2D eigenvalue weighted by atomic mass is 10.3. The molecule has 0 aliphatic rings. The number of nitrogens with two attached hydrogens (primary N) is 1. The van der Waals surface area contributed by atoms with E-state index in [4.69, 9.17) is 22.1 Å². The zero-order valence-electron chi connectivity index (χ0n) is 10.3. The fourth-order valence-electron chi connectivity index (χ4n) is 1.65. The van der Waals surface area contributed by atoms with Crippen LogP contribution >= 0.6 is 11.6 Å². The van der Waals surface area contributed by atoms with Gasteiger partial charge in [0.2, 0.25) is 0 Å². The number of nitrogens with zero attached hydrogens (tertiary/aromatic N) is 2. The molecule has 1 aromatic heterocycles. The number of aryl methyl sites for hydroxylation is 1. The second kappa shape index (κ2) is 5.89. The average Bonchev–Trinajstić information content (AvgIpc) is 2.70. The fourth-order valence-corrected chi connectivity index (χ4v) is 1.78. The summed E-state index contributed by atoms with van der Waals surface area (Å²) in [5, 5.41) is 0.699. The molecular formula is C13H16ClN3O. The van der Waals surface area contributed by atoms with Gasteiger partial charge in [-0.05, 0) is 30.8 Å². The lowest BCUT2D eigenvalue weighted by Crippen LogP contribution is -2.04. The van der Waals surface area contributed by atoms with E-state index in [0.717, 1.165) is 23.7 Å². The van der Waals surface area contributed by atoms with E-state index in [1.54, 1.807) is 12.1 Å². The van der Waals surface area contributed by atoms with E-state index < -0.39 is 0 Å². The highest BCUT2D eigenvalue weighted by atomic mass is 35.5. The number of ether oxygens (including phenoxy) is 1. The largest absolute Gasteiger partial charge is 0.486 e. The van der Waals surface area contributed by atoms with Gasteiger partial charge in [-0.1, -0.05) is 11.6 Å². The first-order valence-corrected chi connectivity index (χ1v) is 6.16. The SMILES string of the molecule is Cn1cc(CCN)nc1COc1ccc(Cl)cc1. The predicted octanol–water partition coefficient (Wildman–Crippen LogP) is 2.15. The molecule has 0 bridgehead atoms. The standard InChI is InChI=1S/C13H16ClN3O/c1-17-8-11(6-7-15)16-13(17)9-18-12-4-2-10(14)3-5-12/h2-5,8H,6-7,9,15H2,1H3. The predicted molar refractivity (Wildman–Crippen MR) is 71.8 cm³/mol. The Morgan fingerprint density at radius 3 is 2.72 bits per heavy atom. The number of rotatable bonds is 5. The Labute approximate surface area is 111 Å². The second-order valence-corrected chi connectivity index (χ2v) is 4.48. The molecule has 0 aliphatic carbocycles. The van der Waals surface area contributed by atoms with Gasteiger partial charge in [-0.15, -0.1) is 0 Å². The molecule has 5 heteroatoms. The lowest BCUT2D eigenvalue weighted by Gasteiger charge is -2.05. The Hall–Kier alpha value is -1.52. The van der Waals surface area contributed by atoms with E-state index in [9.17, 15) is 0 Å². The molecule has 0 spiro atoms. The van der Waals surface area contributed by atoms with E-state index >= 15 is 0 Å². The van der Waals surface area contributed by atoms with Crippen molar-refractivity contribution < 1.29 is 4.74 Å². The number of benzene rings is 1. The van der Waals surface area contributed by atoms with E-state index in [-0.39, 0.29) is 0 Å². The van der Waals surface area contributed by atoms with Gasteiger partial charge in [-0.2, -0.15) is 0 Å². The van der Waals surface area contributed by atoms with Gasteiger partial charge < -0.3 is 15.0 Å². The maximum atomic E-state index is 5.81. The quantitative estimate of drug-likeness (QED) is 0.901. The summed E-state index contributed by atoms with van der Waals surface area (Å²) >= 11 is 5.81. The summed E-state index contributed by atoms with van der Waals surface area (Å²) in [6.45, 7) is 1.04. The van der Waals surface area contributed by atoms with Gasteiger partial charge in [0.25, 0.3) is 0 Å². The molecule has 18 heavy (non-hydrogen) atoms. The minimum atomic E-state index is 0.433. The van der Waals surface area contributed by atoms with Crippen LogP contribution in [-0.2, 0) is 20.1 Å². The van der Waals surface area contributed by atoms with E-state index in [2.05, 4.69) is 4.98 Å². The normalized spacial score (nSPS) is 10.6. The molecule has 0 atom stereocenters. The van der Waals surface area contributed by atoms with Crippen molar-refractivity contribution in [2.24, 2.45) is 12.8 Å². The summed E-state index contributed by atoms with van der Waals surface area (Å²) in [7, 11) is 1.95. The number of imidazole rings is 1. The van der Waals surface area contributed by atoms with Crippen molar-refractivity contribution >= 4 is 11.6 Å². The van der Waals surface area contributed by atoms with Crippen LogP contribution in [0.25, 0.3) is 0 Å². The Morgan fingerprint density at radius 2 is 2.06 bits per heavy atom. The highest BCUT2D eigenvalue weighted by Crippen LogP contribution is 2.16. The number of hydrogen-bond acceptors (Lipinski definition) is 3. The van der Waals surface area contributed by atoms with Crippen LogP contribution in [-0.4, -0.2) is 16.1 Å². The van der Waals surface area contributed by atoms with Gasteiger partial charge in [0.15, 0.2) is 0 Å². The highest BCUT2D eigenvalue weighted by Gasteiger charge is 2.05. The van der Waals surface area contributed by atoms with Crippen molar-refractivity contribution in [3.05, 3.63) is 47.0 Å². The first-order valence-electron chi connectivity index (χ1n) is 5.78. The molecule has 96 valence electrons. The molecule has 0 aliphatic heterocycles. The molecule has 4 nitrogen and oxygen atoms in total. The first kappa shape index (κ1) is 12.9. The summed E-state index contributed by atoms with van der Waals surface area (Å²) in [4.78, 5) is 4.46. The van der Waals surface area contributed by atoms with Gasteiger partial charge in [0, 0.05) is 24.7 Å². The number of hydrogen-bond donors (Lipinski definition) is 1. The van der Waals surface area contributed by atoms with Gasteiger partial charge in [0.1, 0.15) is 18.2 Å². The molecule has 2 rings (SSSR count). The van der Waals surface area contributed by atoms with Crippen molar-refractivity contribution in [3.63, 3.8) is 0 Å². The minimum absolute atomic E-state index is 0.433. The van der Waals surface area contributed by atoms with Gasteiger partial charge in [0.05, 0.1) is 5.69 Å². The fraction of sp³-hybridized carbons (Fsp3) is 0.308. The van der Waals surface area contributed by atoms with Crippen LogP contribution < -0.4 is 10.5 Å². The Bertz CT molecular complexity index is 507. The van der Waals surface area contributed by atoms with E-state index in [0.29, 0.717) is 18.2 Å². The minimum Gasteiger partial charge on any atom is -0.486 e. The molecular weight excluding hydrogens is 250 g/mol. The van der Waals surface area contributed by atoms with Crippen LogP contribution in [0.5, 0.6) is 5.75 Å². The Morgan fingerprint density at radius 1 is 1.33 bits per heavy atom. The summed E-state index contributed by atoms with van der Waals surface area (Å²) in [6.07, 6.45) is 2.77. The highest BCUT2D eigenvalue weighted by molar-refractivity contribution is 6.30. The summed E-state index contributed by atoms with van der Waals surface area (Å²) < 4.78 is 7.61. The maximum Gasteiger partial charge on any atom is 0.146 e. The third kappa shape index (κ3) is 3.24. The van der Waals surface area contributed by atoms with Crippen LogP contribution in [0, 0.1) is 0 Å². The van der Waals surface area contributed by atoms with Crippen LogP contribution in [0.3, 0.4) is 0 Å². The second-order valence-electron chi connectivity index (χ2n) is 4.04. The molecule has 1 aromatic carbocycles. The van der Waals surface area contributed by atoms with E-state index in [1.807, 2.05) is 29.9 Å². The van der Waals surface area contributed by atoms with Crippen LogP contribution in [0.4, 0.5) is 0 Å². The van der Waals surface area contributed by atoms with Crippen molar-refractivity contribution in [1.82, 2.24) is 9.55 Å². The number of halogens is 1. The monoisotopic (exact) mass is 265 g/mol. The summed E-state index contributed by atoms with van der Waals surface area (Å²) in [6, 6.07) is 7.28. The average molecular weight is 266 g/mol. The molecule has 0 saturated carbocycles.